The van der Waals surface area contributed by atoms with Crippen LogP contribution in [0.5, 0.6) is 0 Å². The van der Waals surface area contributed by atoms with Gasteiger partial charge in [0.25, 0.3) is 0 Å². The Kier molecular flexibility index (Phi) is 5.25. The Labute approximate surface area is 115 Å². The fourth-order valence-corrected chi connectivity index (χ4v) is 2.88. The maximum absolute atomic E-state index is 10.8. The third kappa shape index (κ3) is 4.58. The first-order chi connectivity index (χ1) is 9.25. The highest BCUT2D eigenvalue weighted by Crippen LogP contribution is 2.28. The van der Waals surface area contributed by atoms with Gasteiger partial charge in [0.05, 0.1) is 6.42 Å². The van der Waals surface area contributed by atoms with E-state index in [1.807, 2.05) is 18.2 Å². The van der Waals surface area contributed by atoms with Crippen molar-refractivity contribution in [1.29, 1.82) is 0 Å². The van der Waals surface area contributed by atoms with Crippen LogP contribution < -0.4 is 4.90 Å². The average molecular weight is 261 g/mol. The zero-order chi connectivity index (χ0) is 13.5. The molecule has 0 saturated heterocycles. The number of hydrogen-bond acceptors (Lipinski definition) is 2. The Morgan fingerprint density at radius 3 is 2.47 bits per heavy atom. The fraction of sp³-hybridized carbons (Fsp3) is 0.562. The lowest BCUT2D eigenvalue weighted by atomic mass is 10.0. The summed E-state index contributed by atoms with van der Waals surface area (Å²) in [7, 11) is 0. The van der Waals surface area contributed by atoms with Crippen molar-refractivity contribution in [3.8, 4) is 0 Å². The molecular weight excluding hydrogens is 238 g/mol. The SMILES string of the molecule is O=C(O)CCN(CCC1CCCC1)c1ccccc1. The van der Waals surface area contributed by atoms with Crippen molar-refractivity contribution in [1.82, 2.24) is 0 Å². The molecule has 0 spiro atoms. The number of carboxylic acids is 1. The number of carbonyl (C=O) groups is 1. The van der Waals surface area contributed by atoms with Gasteiger partial charge >= 0.3 is 5.97 Å². The largest absolute Gasteiger partial charge is 0.481 e. The molecule has 1 aliphatic carbocycles. The molecule has 0 heterocycles. The van der Waals surface area contributed by atoms with Crippen LogP contribution in [0.15, 0.2) is 30.3 Å². The Hall–Kier alpha value is -1.51. The van der Waals surface area contributed by atoms with E-state index in [9.17, 15) is 4.79 Å². The third-order valence-electron chi connectivity index (χ3n) is 4.00. The van der Waals surface area contributed by atoms with Gasteiger partial charge in [-0.05, 0) is 24.5 Å². The molecule has 0 bridgehead atoms. The molecule has 19 heavy (non-hydrogen) atoms. The second kappa shape index (κ2) is 7.17. The van der Waals surface area contributed by atoms with Gasteiger partial charge in [0, 0.05) is 18.8 Å². The lowest BCUT2D eigenvalue weighted by molar-refractivity contribution is -0.136. The zero-order valence-corrected chi connectivity index (χ0v) is 11.4. The fourth-order valence-electron chi connectivity index (χ4n) is 2.88. The average Bonchev–Trinajstić information content (AvgIpc) is 2.93. The summed E-state index contributed by atoms with van der Waals surface area (Å²) in [6.07, 6.45) is 6.83. The second-order valence-corrected chi connectivity index (χ2v) is 5.41. The minimum atomic E-state index is -0.721. The van der Waals surface area contributed by atoms with Crippen LogP contribution >= 0.6 is 0 Å². The van der Waals surface area contributed by atoms with Crippen LogP contribution in [0.2, 0.25) is 0 Å². The maximum Gasteiger partial charge on any atom is 0.305 e. The number of nitrogens with zero attached hydrogens (tertiary/aromatic N) is 1. The standard InChI is InChI=1S/C16H23NO2/c18-16(19)11-13-17(15-8-2-1-3-9-15)12-10-14-6-4-5-7-14/h1-3,8-9,14H,4-7,10-13H2,(H,18,19). The first-order valence-electron chi connectivity index (χ1n) is 7.27. The topological polar surface area (TPSA) is 40.5 Å². The zero-order valence-electron chi connectivity index (χ0n) is 11.4. The molecule has 0 unspecified atom stereocenters. The minimum absolute atomic E-state index is 0.208. The monoisotopic (exact) mass is 261 g/mol. The molecule has 1 aromatic carbocycles. The van der Waals surface area contributed by atoms with Gasteiger partial charge in [0.1, 0.15) is 0 Å². The normalized spacial score (nSPS) is 15.6. The van der Waals surface area contributed by atoms with Crippen molar-refractivity contribution in [2.24, 2.45) is 5.92 Å². The van der Waals surface area contributed by atoms with Crippen molar-refractivity contribution in [2.45, 2.75) is 38.5 Å². The van der Waals surface area contributed by atoms with Crippen molar-refractivity contribution in [3.63, 3.8) is 0 Å². The van der Waals surface area contributed by atoms with Gasteiger partial charge in [-0.25, -0.2) is 0 Å². The number of hydrogen-bond donors (Lipinski definition) is 1. The van der Waals surface area contributed by atoms with Gasteiger partial charge in [0.15, 0.2) is 0 Å². The van der Waals surface area contributed by atoms with E-state index in [-0.39, 0.29) is 6.42 Å². The molecule has 104 valence electrons. The molecule has 0 aromatic heterocycles. The first kappa shape index (κ1) is 13.9. The van der Waals surface area contributed by atoms with Gasteiger partial charge in [0.2, 0.25) is 0 Å². The molecule has 1 N–H and O–H groups in total. The number of para-hydroxylation sites is 1. The van der Waals surface area contributed by atoms with Gasteiger partial charge in [-0.15, -0.1) is 0 Å². The number of benzene rings is 1. The van der Waals surface area contributed by atoms with Crippen LogP contribution in [0.1, 0.15) is 38.5 Å². The molecule has 1 fully saturated rings. The van der Waals surface area contributed by atoms with Gasteiger partial charge < -0.3 is 10.0 Å². The molecule has 1 aliphatic rings. The third-order valence-corrected chi connectivity index (χ3v) is 4.00. The number of aliphatic carboxylic acids is 1. The molecule has 0 amide bonds. The van der Waals surface area contributed by atoms with Crippen molar-refractivity contribution in [3.05, 3.63) is 30.3 Å². The van der Waals surface area contributed by atoms with E-state index in [0.717, 1.165) is 18.2 Å². The Bertz CT molecular complexity index is 385. The Morgan fingerprint density at radius 2 is 1.84 bits per heavy atom. The number of anilines is 1. The summed E-state index contributed by atoms with van der Waals surface area (Å²) in [6, 6.07) is 10.2. The van der Waals surface area contributed by atoms with E-state index >= 15 is 0 Å². The van der Waals surface area contributed by atoms with Crippen LogP contribution in [0.4, 0.5) is 5.69 Å². The second-order valence-electron chi connectivity index (χ2n) is 5.41. The minimum Gasteiger partial charge on any atom is -0.481 e. The summed E-state index contributed by atoms with van der Waals surface area (Å²) >= 11 is 0. The number of rotatable bonds is 7. The molecule has 1 aromatic rings. The lowest BCUT2D eigenvalue weighted by Crippen LogP contribution is -2.28. The summed E-state index contributed by atoms with van der Waals surface area (Å²) in [5.74, 6) is 0.123. The van der Waals surface area contributed by atoms with Crippen LogP contribution in [0.25, 0.3) is 0 Å². The van der Waals surface area contributed by atoms with E-state index in [4.69, 9.17) is 5.11 Å². The molecule has 0 radical (unpaired) electrons. The van der Waals surface area contributed by atoms with E-state index in [0.29, 0.717) is 6.54 Å². The number of carboxylic acid groups (broad SMARTS) is 1. The molecular formula is C16H23NO2. The van der Waals surface area contributed by atoms with Crippen LogP contribution in [0, 0.1) is 5.92 Å². The van der Waals surface area contributed by atoms with Crippen molar-refractivity contribution in [2.75, 3.05) is 18.0 Å². The summed E-state index contributed by atoms with van der Waals surface area (Å²) in [6.45, 7) is 1.58. The molecule has 0 atom stereocenters. The lowest BCUT2D eigenvalue weighted by Gasteiger charge is -2.25. The van der Waals surface area contributed by atoms with Crippen LogP contribution in [0.3, 0.4) is 0 Å². The predicted molar refractivity (Wildman–Crippen MR) is 77.5 cm³/mol. The van der Waals surface area contributed by atoms with Crippen molar-refractivity contribution >= 4 is 11.7 Å². The van der Waals surface area contributed by atoms with Gasteiger partial charge in [-0.1, -0.05) is 43.9 Å². The Balaban J connectivity index is 1.91. The first-order valence-corrected chi connectivity index (χ1v) is 7.27. The van der Waals surface area contributed by atoms with Crippen LogP contribution in [-0.4, -0.2) is 24.2 Å². The molecule has 3 heteroatoms. The van der Waals surface area contributed by atoms with E-state index in [2.05, 4.69) is 17.0 Å². The quantitative estimate of drug-likeness (QED) is 0.816. The van der Waals surface area contributed by atoms with Crippen molar-refractivity contribution < 1.29 is 9.90 Å². The summed E-state index contributed by atoms with van der Waals surface area (Å²) in [4.78, 5) is 13.0. The maximum atomic E-state index is 10.8. The van der Waals surface area contributed by atoms with Gasteiger partial charge in [-0.3, -0.25) is 4.79 Å². The van der Waals surface area contributed by atoms with E-state index < -0.39 is 5.97 Å². The summed E-state index contributed by atoms with van der Waals surface area (Å²) < 4.78 is 0. The highest BCUT2D eigenvalue weighted by molar-refractivity contribution is 5.67. The highest BCUT2D eigenvalue weighted by Gasteiger charge is 2.16. The Morgan fingerprint density at radius 1 is 1.16 bits per heavy atom. The molecule has 0 aliphatic heterocycles. The predicted octanol–water partition coefficient (Wildman–Crippen LogP) is 3.55. The molecule has 1 saturated carbocycles. The highest BCUT2D eigenvalue weighted by atomic mass is 16.4. The summed E-state index contributed by atoms with van der Waals surface area (Å²) in [5.41, 5.74) is 1.14. The van der Waals surface area contributed by atoms with E-state index in [1.54, 1.807) is 0 Å². The van der Waals surface area contributed by atoms with Gasteiger partial charge in [-0.2, -0.15) is 0 Å². The van der Waals surface area contributed by atoms with E-state index in [1.165, 1.54) is 32.1 Å². The van der Waals surface area contributed by atoms with Crippen LogP contribution in [-0.2, 0) is 4.79 Å². The smallest absolute Gasteiger partial charge is 0.305 e. The molecule has 2 rings (SSSR count). The summed E-state index contributed by atoms with van der Waals surface area (Å²) in [5, 5.41) is 8.86. The molecule has 3 nitrogen and oxygen atoms in total.